The van der Waals surface area contributed by atoms with Gasteiger partial charge in [-0.25, -0.2) is 0 Å². The molecule has 0 aromatic heterocycles. The van der Waals surface area contributed by atoms with Crippen LogP contribution in [0.1, 0.15) is 40.3 Å². The first-order valence-electron chi connectivity index (χ1n) is 9.14. The Labute approximate surface area is 174 Å². The summed E-state index contributed by atoms with van der Waals surface area (Å²) in [6.07, 6.45) is 0. The van der Waals surface area contributed by atoms with Gasteiger partial charge in [0.1, 0.15) is 5.75 Å². The summed E-state index contributed by atoms with van der Waals surface area (Å²) in [7, 11) is 0. The molecule has 0 aliphatic rings. The third kappa shape index (κ3) is 3.22. The maximum Gasteiger partial charge on any atom is 0.121 e. The topological polar surface area (TPSA) is 52.8 Å². The monoisotopic (exact) mass is 437 g/mol. The summed E-state index contributed by atoms with van der Waals surface area (Å²) in [4.78, 5) is 0. The van der Waals surface area contributed by atoms with Crippen molar-refractivity contribution in [3.63, 3.8) is 0 Å². The molecular formula is C24H24BrNO2. The van der Waals surface area contributed by atoms with Crippen LogP contribution >= 0.6 is 15.9 Å². The van der Waals surface area contributed by atoms with Crippen molar-refractivity contribution in [2.45, 2.75) is 33.1 Å². The standard InChI is InChI=1S/C24H24BrNO2/c1-15-7-5-6-8-22(15)24(18(4)26-28,19-9-11-21(25)12-10-19)20-13-16(2)23(27)17(3)14-20/h5-14,27-28H,1-4H3/b26-18-. The summed E-state index contributed by atoms with van der Waals surface area (Å²) in [5, 5.41) is 23.9. The first-order chi connectivity index (χ1) is 13.3. The highest BCUT2D eigenvalue weighted by Crippen LogP contribution is 2.44. The lowest BCUT2D eigenvalue weighted by atomic mass is 9.65. The number of phenols is 1. The lowest BCUT2D eigenvalue weighted by Crippen LogP contribution is -2.38. The summed E-state index contributed by atoms with van der Waals surface area (Å²) in [5.41, 5.74) is 5.43. The Balaban J connectivity index is 2.51. The summed E-state index contributed by atoms with van der Waals surface area (Å²) >= 11 is 3.51. The number of hydrogen-bond donors (Lipinski definition) is 2. The maximum absolute atomic E-state index is 10.3. The number of aromatic hydroxyl groups is 1. The molecule has 0 radical (unpaired) electrons. The zero-order valence-corrected chi connectivity index (χ0v) is 18.1. The molecule has 3 rings (SSSR count). The van der Waals surface area contributed by atoms with Crippen LogP contribution in [0, 0.1) is 20.8 Å². The van der Waals surface area contributed by atoms with Crippen LogP contribution in [-0.4, -0.2) is 16.0 Å². The van der Waals surface area contributed by atoms with E-state index in [-0.39, 0.29) is 5.75 Å². The molecule has 0 fully saturated rings. The smallest absolute Gasteiger partial charge is 0.121 e. The van der Waals surface area contributed by atoms with Crippen molar-refractivity contribution in [3.8, 4) is 5.75 Å². The minimum atomic E-state index is -0.788. The number of rotatable bonds is 4. The Morgan fingerprint density at radius 3 is 1.96 bits per heavy atom. The van der Waals surface area contributed by atoms with E-state index >= 15 is 0 Å². The normalized spacial score (nSPS) is 14.0. The number of benzene rings is 3. The molecular weight excluding hydrogens is 414 g/mol. The molecule has 0 bridgehead atoms. The molecule has 2 N–H and O–H groups in total. The van der Waals surface area contributed by atoms with E-state index in [4.69, 9.17) is 0 Å². The predicted molar refractivity (Wildman–Crippen MR) is 118 cm³/mol. The van der Waals surface area contributed by atoms with Crippen molar-refractivity contribution in [1.82, 2.24) is 0 Å². The number of phenolic OH excluding ortho intramolecular Hbond substituents is 1. The van der Waals surface area contributed by atoms with Gasteiger partial charge in [0.15, 0.2) is 0 Å². The number of hydrogen-bond acceptors (Lipinski definition) is 3. The average molecular weight is 438 g/mol. The zero-order valence-electron chi connectivity index (χ0n) is 16.5. The fourth-order valence-corrected chi connectivity index (χ4v) is 4.30. The Morgan fingerprint density at radius 1 is 0.857 bits per heavy atom. The fraction of sp³-hybridized carbons (Fsp3) is 0.208. The molecule has 3 aromatic rings. The van der Waals surface area contributed by atoms with E-state index < -0.39 is 5.41 Å². The van der Waals surface area contributed by atoms with Gasteiger partial charge >= 0.3 is 0 Å². The third-order valence-electron chi connectivity index (χ3n) is 5.44. The molecule has 1 atom stereocenters. The highest BCUT2D eigenvalue weighted by molar-refractivity contribution is 9.10. The Morgan fingerprint density at radius 2 is 1.43 bits per heavy atom. The maximum atomic E-state index is 10.3. The molecule has 0 saturated carbocycles. The van der Waals surface area contributed by atoms with Crippen LogP contribution in [0.3, 0.4) is 0 Å². The lowest BCUT2D eigenvalue weighted by Gasteiger charge is -2.37. The van der Waals surface area contributed by atoms with E-state index in [0.29, 0.717) is 5.71 Å². The summed E-state index contributed by atoms with van der Waals surface area (Å²) in [6.45, 7) is 7.68. The summed E-state index contributed by atoms with van der Waals surface area (Å²) in [5.74, 6) is 0.289. The SMILES string of the molecule is C/C(=N/O)C(c1ccc(Br)cc1)(c1cc(C)c(O)c(C)c1)c1ccccc1C. The van der Waals surface area contributed by atoms with E-state index in [1.165, 1.54) is 0 Å². The van der Waals surface area contributed by atoms with Gasteiger partial charge in [0.2, 0.25) is 0 Å². The first-order valence-corrected chi connectivity index (χ1v) is 9.93. The van der Waals surface area contributed by atoms with Gasteiger partial charge in [-0.1, -0.05) is 69.6 Å². The summed E-state index contributed by atoms with van der Waals surface area (Å²) in [6, 6.07) is 20.2. The minimum Gasteiger partial charge on any atom is -0.507 e. The average Bonchev–Trinajstić information content (AvgIpc) is 2.68. The second kappa shape index (κ2) is 7.80. The van der Waals surface area contributed by atoms with Gasteiger partial charge in [-0.3, -0.25) is 0 Å². The Bertz CT molecular complexity index is 1020. The molecule has 3 nitrogen and oxygen atoms in total. The second-order valence-electron chi connectivity index (χ2n) is 7.22. The van der Waals surface area contributed by atoms with E-state index in [2.05, 4.69) is 40.1 Å². The van der Waals surface area contributed by atoms with E-state index in [9.17, 15) is 10.3 Å². The van der Waals surface area contributed by atoms with Gasteiger partial charge < -0.3 is 10.3 Å². The van der Waals surface area contributed by atoms with Gasteiger partial charge in [0.25, 0.3) is 0 Å². The molecule has 0 saturated heterocycles. The molecule has 28 heavy (non-hydrogen) atoms. The third-order valence-corrected chi connectivity index (χ3v) is 5.97. The molecule has 3 aromatic carbocycles. The van der Waals surface area contributed by atoms with Crippen LogP contribution in [0.2, 0.25) is 0 Å². The van der Waals surface area contributed by atoms with Gasteiger partial charge in [-0.2, -0.15) is 0 Å². The number of halogens is 1. The quantitative estimate of drug-likeness (QED) is 0.219. The van der Waals surface area contributed by atoms with Crippen molar-refractivity contribution in [3.05, 3.63) is 98.5 Å². The van der Waals surface area contributed by atoms with Crippen LogP contribution in [0.15, 0.2) is 70.3 Å². The number of oxime groups is 1. The van der Waals surface area contributed by atoms with Crippen LogP contribution in [0.25, 0.3) is 0 Å². The molecule has 0 heterocycles. The van der Waals surface area contributed by atoms with Crippen LogP contribution < -0.4 is 0 Å². The number of nitrogens with zero attached hydrogens (tertiary/aromatic N) is 1. The first kappa shape index (κ1) is 20.2. The highest BCUT2D eigenvalue weighted by Gasteiger charge is 2.41. The predicted octanol–water partition coefficient (Wildman–Crippen LogP) is 6.26. The van der Waals surface area contributed by atoms with E-state index in [0.717, 1.165) is 37.9 Å². The van der Waals surface area contributed by atoms with Gasteiger partial charge in [0.05, 0.1) is 11.1 Å². The molecule has 0 spiro atoms. The van der Waals surface area contributed by atoms with Gasteiger partial charge in [-0.15, -0.1) is 0 Å². The zero-order chi connectivity index (χ0) is 20.5. The minimum absolute atomic E-state index is 0.289. The molecule has 0 aliphatic carbocycles. The lowest BCUT2D eigenvalue weighted by molar-refractivity contribution is 0.315. The molecule has 0 aliphatic heterocycles. The van der Waals surface area contributed by atoms with Gasteiger partial charge in [-0.05, 0) is 73.2 Å². The van der Waals surface area contributed by atoms with Crippen LogP contribution in [-0.2, 0) is 5.41 Å². The van der Waals surface area contributed by atoms with Crippen molar-refractivity contribution in [1.29, 1.82) is 0 Å². The van der Waals surface area contributed by atoms with Gasteiger partial charge in [0, 0.05) is 4.47 Å². The van der Waals surface area contributed by atoms with Crippen LogP contribution in [0.4, 0.5) is 0 Å². The van der Waals surface area contributed by atoms with E-state index in [1.54, 1.807) is 0 Å². The summed E-state index contributed by atoms with van der Waals surface area (Å²) < 4.78 is 0.978. The molecule has 0 amide bonds. The molecule has 4 heteroatoms. The second-order valence-corrected chi connectivity index (χ2v) is 8.13. The largest absolute Gasteiger partial charge is 0.507 e. The van der Waals surface area contributed by atoms with Crippen molar-refractivity contribution in [2.75, 3.05) is 0 Å². The molecule has 144 valence electrons. The van der Waals surface area contributed by atoms with Crippen molar-refractivity contribution in [2.24, 2.45) is 5.16 Å². The van der Waals surface area contributed by atoms with E-state index in [1.807, 2.05) is 69.3 Å². The Hall–Kier alpha value is -2.59. The number of aryl methyl sites for hydroxylation is 3. The van der Waals surface area contributed by atoms with Crippen molar-refractivity contribution < 1.29 is 10.3 Å². The highest BCUT2D eigenvalue weighted by atomic mass is 79.9. The van der Waals surface area contributed by atoms with Crippen molar-refractivity contribution >= 4 is 21.6 Å². The Kier molecular flexibility index (Phi) is 5.61. The fourth-order valence-electron chi connectivity index (χ4n) is 4.03. The van der Waals surface area contributed by atoms with Crippen LogP contribution in [0.5, 0.6) is 5.75 Å². The molecule has 1 unspecified atom stereocenters.